The minimum Gasteiger partial charge on any atom is -0.428 e. The Morgan fingerprint density at radius 1 is 0.784 bits per heavy atom. The molecule has 1 rings (SSSR count). The average Bonchev–Trinajstić information content (AvgIpc) is 2.67. The van der Waals surface area contributed by atoms with Gasteiger partial charge in [-0.2, -0.15) is 52.7 Å². The molecule has 0 spiro atoms. The van der Waals surface area contributed by atoms with Gasteiger partial charge in [-0.05, 0) is 31.7 Å². The number of hydrogen-bond acceptors (Lipinski definition) is 4. The lowest BCUT2D eigenvalue weighted by atomic mass is 9.88. The largest absolute Gasteiger partial charge is 0.510 e. The first-order valence-electron chi connectivity index (χ1n) is 10.3. The van der Waals surface area contributed by atoms with Crippen LogP contribution in [0.1, 0.15) is 57.6 Å². The molecule has 0 fully saturated rings. The number of halogens is 12. The number of alkyl halides is 12. The zero-order chi connectivity index (χ0) is 29.5. The Balaban J connectivity index is 3.50. The summed E-state index contributed by atoms with van der Waals surface area (Å²) in [7, 11) is 0. The standard InChI is InChI=1S/C21H22F12O4/c1-5-11(2)12-6-8-13(9-7-12)17(20(28,29)30,21(31,32)33)37-14(34)36-15(3,4)10-16(35,18(22,23)24)19(25,26)27/h6-9,11,35H,5,10H2,1-4H3. The fourth-order valence-corrected chi connectivity index (χ4v) is 3.33. The van der Waals surface area contributed by atoms with Crippen molar-refractivity contribution in [1.29, 1.82) is 0 Å². The maximum absolute atomic E-state index is 13.9. The van der Waals surface area contributed by atoms with Crippen LogP contribution in [0.2, 0.25) is 0 Å². The normalized spacial score (nSPS) is 15.4. The lowest BCUT2D eigenvalue weighted by molar-refractivity contribution is -0.383. The molecule has 1 unspecified atom stereocenters. The number of ether oxygens (including phenoxy) is 2. The molecule has 16 heteroatoms. The van der Waals surface area contributed by atoms with Gasteiger partial charge in [0, 0.05) is 12.0 Å². The van der Waals surface area contributed by atoms with Crippen molar-refractivity contribution in [2.45, 2.75) is 88.0 Å². The second-order valence-corrected chi connectivity index (χ2v) is 8.85. The Labute approximate surface area is 202 Å². The SMILES string of the molecule is CCC(C)c1ccc(C(OC(=O)OC(C)(C)CC(O)(C(F)(F)F)C(F)(F)F)(C(F)(F)F)C(F)(F)F)cc1. The second kappa shape index (κ2) is 10.1. The van der Waals surface area contributed by atoms with Gasteiger partial charge in [-0.3, -0.25) is 0 Å². The molecule has 1 N–H and O–H groups in total. The van der Waals surface area contributed by atoms with E-state index in [1.807, 2.05) is 0 Å². The summed E-state index contributed by atoms with van der Waals surface area (Å²) in [6.45, 7) is 3.89. The van der Waals surface area contributed by atoms with Crippen molar-refractivity contribution in [3.8, 4) is 0 Å². The first-order chi connectivity index (χ1) is 16.3. The van der Waals surface area contributed by atoms with Crippen LogP contribution in [0.15, 0.2) is 24.3 Å². The van der Waals surface area contributed by atoms with E-state index in [0.29, 0.717) is 38.0 Å². The first kappa shape index (κ1) is 32.6. The summed E-state index contributed by atoms with van der Waals surface area (Å²) in [5.41, 5.74) is -15.4. The third-order valence-corrected chi connectivity index (χ3v) is 5.51. The Hall–Kier alpha value is -2.39. The highest BCUT2D eigenvalue weighted by Crippen LogP contribution is 2.54. The maximum Gasteiger partial charge on any atom is 0.510 e. The van der Waals surface area contributed by atoms with Crippen LogP contribution in [0.4, 0.5) is 57.5 Å². The third kappa shape index (κ3) is 6.55. The van der Waals surface area contributed by atoms with Crippen LogP contribution in [0.3, 0.4) is 0 Å². The molecule has 0 saturated carbocycles. The van der Waals surface area contributed by atoms with Crippen LogP contribution in [-0.4, -0.2) is 47.2 Å². The molecular formula is C21H22F12O4. The van der Waals surface area contributed by atoms with Crippen LogP contribution in [0.25, 0.3) is 0 Å². The molecule has 1 aromatic carbocycles. The zero-order valence-electron chi connectivity index (χ0n) is 19.5. The van der Waals surface area contributed by atoms with Crippen LogP contribution in [-0.2, 0) is 15.1 Å². The van der Waals surface area contributed by atoms with Crippen LogP contribution in [0.5, 0.6) is 0 Å². The predicted octanol–water partition coefficient (Wildman–Crippen LogP) is 7.70. The Kier molecular flexibility index (Phi) is 8.87. The van der Waals surface area contributed by atoms with E-state index in [2.05, 4.69) is 9.47 Å². The summed E-state index contributed by atoms with van der Waals surface area (Å²) < 4.78 is 169. The van der Waals surface area contributed by atoms with Gasteiger partial charge in [0.05, 0.1) is 0 Å². The minimum absolute atomic E-state index is 0.284. The molecule has 0 aliphatic rings. The first-order valence-corrected chi connectivity index (χ1v) is 10.3. The molecule has 0 aliphatic carbocycles. The van der Waals surface area contributed by atoms with Gasteiger partial charge >= 0.3 is 36.5 Å². The molecule has 0 saturated heterocycles. The van der Waals surface area contributed by atoms with E-state index in [4.69, 9.17) is 0 Å². The average molecular weight is 566 g/mol. The fourth-order valence-electron chi connectivity index (χ4n) is 3.33. The lowest BCUT2D eigenvalue weighted by Gasteiger charge is -2.39. The molecule has 1 aromatic rings. The van der Waals surface area contributed by atoms with Crippen molar-refractivity contribution in [2.75, 3.05) is 0 Å². The Morgan fingerprint density at radius 3 is 1.51 bits per heavy atom. The molecule has 0 radical (unpaired) electrons. The smallest absolute Gasteiger partial charge is 0.428 e. The third-order valence-electron chi connectivity index (χ3n) is 5.51. The molecule has 0 heterocycles. The topological polar surface area (TPSA) is 55.8 Å². The van der Waals surface area contributed by atoms with Crippen molar-refractivity contribution in [3.63, 3.8) is 0 Å². The monoisotopic (exact) mass is 566 g/mol. The molecule has 0 amide bonds. The van der Waals surface area contributed by atoms with Gasteiger partial charge in [0.25, 0.3) is 5.60 Å². The quantitative estimate of drug-likeness (QED) is 0.272. The van der Waals surface area contributed by atoms with Crippen molar-refractivity contribution in [2.24, 2.45) is 0 Å². The van der Waals surface area contributed by atoms with Crippen LogP contribution in [0, 0.1) is 0 Å². The van der Waals surface area contributed by atoms with E-state index in [9.17, 15) is 62.6 Å². The number of benzene rings is 1. The molecule has 37 heavy (non-hydrogen) atoms. The molecular weight excluding hydrogens is 544 g/mol. The van der Waals surface area contributed by atoms with Gasteiger partial charge in [0.2, 0.25) is 0 Å². The zero-order valence-corrected chi connectivity index (χ0v) is 19.5. The van der Waals surface area contributed by atoms with Gasteiger partial charge in [-0.1, -0.05) is 38.1 Å². The lowest BCUT2D eigenvalue weighted by Crippen LogP contribution is -2.60. The number of hydrogen-bond donors (Lipinski definition) is 1. The van der Waals surface area contributed by atoms with Gasteiger partial charge in [0.15, 0.2) is 0 Å². The van der Waals surface area contributed by atoms with Gasteiger partial charge < -0.3 is 14.6 Å². The summed E-state index contributed by atoms with van der Waals surface area (Å²) in [5, 5.41) is 9.25. The van der Waals surface area contributed by atoms with Gasteiger partial charge in [-0.15, -0.1) is 0 Å². The van der Waals surface area contributed by atoms with Crippen molar-refractivity contribution < 1.29 is 72.1 Å². The number of rotatable bonds is 7. The Morgan fingerprint density at radius 2 is 1.19 bits per heavy atom. The second-order valence-electron chi connectivity index (χ2n) is 8.85. The fraction of sp³-hybridized carbons (Fsp3) is 0.667. The van der Waals surface area contributed by atoms with Gasteiger partial charge in [-0.25, -0.2) is 4.79 Å². The molecule has 1 atom stereocenters. The van der Waals surface area contributed by atoms with E-state index < -0.39 is 59.6 Å². The molecule has 0 aromatic heterocycles. The van der Waals surface area contributed by atoms with E-state index >= 15 is 0 Å². The summed E-state index contributed by atoms with van der Waals surface area (Å²) >= 11 is 0. The van der Waals surface area contributed by atoms with E-state index in [-0.39, 0.29) is 5.92 Å². The minimum atomic E-state index is -6.41. The summed E-state index contributed by atoms with van der Waals surface area (Å²) in [6.07, 6.45) is -30.6. The number of carbonyl (C=O) groups excluding carboxylic acids is 1. The highest BCUT2D eigenvalue weighted by Gasteiger charge is 2.76. The molecule has 0 aliphatic heterocycles. The van der Waals surface area contributed by atoms with Crippen LogP contribution < -0.4 is 0 Å². The highest BCUT2D eigenvalue weighted by atomic mass is 19.4. The maximum atomic E-state index is 13.9. The molecule has 214 valence electrons. The van der Waals surface area contributed by atoms with E-state index in [1.165, 1.54) is 0 Å². The molecule has 0 bridgehead atoms. The van der Waals surface area contributed by atoms with E-state index in [1.54, 1.807) is 13.8 Å². The van der Waals surface area contributed by atoms with Crippen molar-refractivity contribution >= 4 is 6.16 Å². The predicted molar refractivity (Wildman–Crippen MR) is 102 cm³/mol. The summed E-state index contributed by atoms with van der Waals surface area (Å²) in [4.78, 5) is 12.1. The molecule has 4 nitrogen and oxygen atoms in total. The highest BCUT2D eigenvalue weighted by molar-refractivity contribution is 5.62. The number of carbonyl (C=O) groups is 1. The Bertz CT molecular complexity index is 899. The van der Waals surface area contributed by atoms with Crippen LogP contribution >= 0.6 is 0 Å². The van der Waals surface area contributed by atoms with Crippen molar-refractivity contribution in [3.05, 3.63) is 35.4 Å². The summed E-state index contributed by atoms with van der Waals surface area (Å²) in [6, 6.07) is 2.54. The van der Waals surface area contributed by atoms with Crippen molar-refractivity contribution in [1.82, 2.24) is 0 Å². The van der Waals surface area contributed by atoms with Gasteiger partial charge in [0.1, 0.15) is 5.60 Å². The number of aliphatic hydroxyl groups is 1. The van der Waals surface area contributed by atoms with E-state index in [0.717, 1.165) is 12.1 Å². The summed E-state index contributed by atoms with van der Waals surface area (Å²) in [5.74, 6) is -0.284.